The first-order chi connectivity index (χ1) is 9.35. The number of morpholine rings is 1. The molecule has 1 atom stereocenters. The highest BCUT2D eigenvalue weighted by molar-refractivity contribution is 9.10. The standard InChI is InChI=1S/C16H22BrNO2/c1-16(2,3)10-15(19)18-8-9-20-14(11-18)12-4-6-13(17)7-5-12/h4-7,14H,8-11H2,1-3H3. The fourth-order valence-corrected chi connectivity index (χ4v) is 2.58. The van der Waals surface area contributed by atoms with Crippen LogP contribution in [-0.4, -0.2) is 30.5 Å². The maximum absolute atomic E-state index is 12.3. The second-order valence-corrected chi connectivity index (χ2v) is 7.40. The van der Waals surface area contributed by atoms with Crippen molar-refractivity contribution < 1.29 is 9.53 Å². The van der Waals surface area contributed by atoms with Gasteiger partial charge in [0.2, 0.25) is 5.91 Å². The van der Waals surface area contributed by atoms with Crippen molar-refractivity contribution >= 4 is 21.8 Å². The molecule has 0 radical (unpaired) electrons. The van der Waals surface area contributed by atoms with Crippen molar-refractivity contribution in [2.75, 3.05) is 19.7 Å². The van der Waals surface area contributed by atoms with Crippen molar-refractivity contribution in [3.8, 4) is 0 Å². The van der Waals surface area contributed by atoms with Crippen molar-refractivity contribution in [2.24, 2.45) is 5.41 Å². The Balaban J connectivity index is 2.01. The van der Waals surface area contributed by atoms with Crippen LogP contribution in [0.5, 0.6) is 0 Å². The van der Waals surface area contributed by atoms with Gasteiger partial charge in [0.25, 0.3) is 0 Å². The van der Waals surface area contributed by atoms with Gasteiger partial charge in [-0.2, -0.15) is 0 Å². The lowest BCUT2D eigenvalue weighted by Crippen LogP contribution is -2.43. The lowest BCUT2D eigenvalue weighted by molar-refractivity contribution is -0.140. The molecule has 0 N–H and O–H groups in total. The summed E-state index contributed by atoms with van der Waals surface area (Å²) >= 11 is 3.43. The number of amides is 1. The molecule has 0 spiro atoms. The average Bonchev–Trinajstić information content (AvgIpc) is 2.38. The first-order valence-electron chi connectivity index (χ1n) is 7.00. The van der Waals surface area contributed by atoms with Crippen LogP contribution in [0.1, 0.15) is 38.9 Å². The summed E-state index contributed by atoms with van der Waals surface area (Å²) in [4.78, 5) is 14.2. The van der Waals surface area contributed by atoms with Gasteiger partial charge in [-0.15, -0.1) is 0 Å². The van der Waals surface area contributed by atoms with Crippen LogP contribution in [0.4, 0.5) is 0 Å². The zero-order valence-corrected chi connectivity index (χ0v) is 13.9. The van der Waals surface area contributed by atoms with Crippen LogP contribution in [0.15, 0.2) is 28.7 Å². The molecule has 1 fully saturated rings. The van der Waals surface area contributed by atoms with Crippen molar-refractivity contribution in [1.29, 1.82) is 0 Å². The van der Waals surface area contributed by atoms with E-state index in [9.17, 15) is 4.79 Å². The van der Waals surface area contributed by atoms with Crippen molar-refractivity contribution in [3.05, 3.63) is 34.3 Å². The molecule has 1 aliphatic heterocycles. The molecule has 110 valence electrons. The molecular formula is C16H22BrNO2. The Hall–Kier alpha value is -0.870. The molecule has 1 aromatic carbocycles. The SMILES string of the molecule is CC(C)(C)CC(=O)N1CCOC(c2ccc(Br)cc2)C1. The normalized spacial score (nSPS) is 20.0. The summed E-state index contributed by atoms with van der Waals surface area (Å²) in [5, 5.41) is 0. The molecule has 1 saturated heterocycles. The molecule has 0 saturated carbocycles. The van der Waals surface area contributed by atoms with E-state index in [2.05, 4.69) is 36.7 Å². The van der Waals surface area contributed by atoms with Crippen molar-refractivity contribution in [2.45, 2.75) is 33.3 Å². The van der Waals surface area contributed by atoms with Crippen LogP contribution < -0.4 is 0 Å². The van der Waals surface area contributed by atoms with Gasteiger partial charge in [0, 0.05) is 17.4 Å². The fourth-order valence-electron chi connectivity index (χ4n) is 2.32. The Kier molecular flexibility index (Phi) is 4.86. The number of ether oxygens (including phenoxy) is 1. The molecule has 0 aromatic heterocycles. The molecule has 1 heterocycles. The highest BCUT2D eigenvalue weighted by atomic mass is 79.9. The monoisotopic (exact) mass is 339 g/mol. The molecule has 2 rings (SSSR count). The Bertz CT molecular complexity index is 464. The van der Waals surface area contributed by atoms with Crippen LogP contribution in [0.25, 0.3) is 0 Å². The van der Waals surface area contributed by atoms with Crippen LogP contribution in [0.2, 0.25) is 0 Å². The zero-order valence-electron chi connectivity index (χ0n) is 12.4. The van der Waals surface area contributed by atoms with Gasteiger partial charge < -0.3 is 9.64 Å². The summed E-state index contributed by atoms with van der Waals surface area (Å²) in [7, 11) is 0. The van der Waals surface area contributed by atoms with Gasteiger partial charge in [-0.1, -0.05) is 48.8 Å². The van der Waals surface area contributed by atoms with E-state index in [0.29, 0.717) is 26.1 Å². The predicted octanol–water partition coefficient (Wildman–Crippen LogP) is 3.79. The third-order valence-electron chi connectivity index (χ3n) is 3.34. The van der Waals surface area contributed by atoms with E-state index in [1.54, 1.807) is 0 Å². The van der Waals surface area contributed by atoms with E-state index in [4.69, 9.17) is 4.74 Å². The lowest BCUT2D eigenvalue weighted by atomic mass is 9.91. The molecule has 4 heteroatoms. The molecule has 0 aliphatic carbocycles. The number of hydrogen-bond donors (Lipinski definition) is 0. The number of nitrogens with zero attached hydrogens (tertiary/aromatic N) is 1. The molecule has 1 amide bonds. The second kappa shape index (κ2) is 6.27. The van der Waals surface area contributed by atoms with Gasteiger partial charge in [-0.25, -0.2) is 0 Å². The van der Waals surface area contributed by atoms with Crippen LogP contribution in [0.3, 0.4) is 0 Å². The number of halogens is 1. The number of carbonyl (C=O) groups is 1. The minimum absolute atomic E-state index is 0.0132. The van der Waals surface area contributed by atoms with Gasteiger partial charge in [0.05, 0.1) is 13.2 Å². The topological polar surface area (TPSA) is 29.5 Å². The molecule has 1 unspecified atom stereocenters. The summed E-state index contributed by atoms with van der Waals surface area (Å²) in [6.45, 7) is 8.24. The number of benzene rings is 1. The van der Waals surface area contributed by atoms with Gasteiger partial charge in [-0.3, -0.25) is 4.79 Å². The van der Waals surface area contributed by atoms with Crippen LogP contribution >= 0.6 is 15.9 Å². The smallest absolute Gasteiger partial charge is 0.223 e. The van der Waals surface area contributed by atoms with Crippen molar-refractivity contribution in [3.63, 3.8) is 0 Å². The second-order valence-electron chi connectivity index (χ2n) is 6.49. The van der Waals surface area contributed by atoms with Gasteiger partial charge in [0.15, 0.2) is 0 Å². The molecule has 3 nitrogen and oxygen atoms in total. The number of rotatable bonds is 2. The van der Waals surface area contributed by atoms with E-state index < -0.39 is 0 Å². The molecule has 20 heavy (non-hydrogen) atoms. The van der Waals surface area contributed by atoms with Crippen LogP contribution in [-0.2, 0) is 9.53 Å². The number of hydrogen-bond acceptors (Lipinski definition) is 2. The van der Waals surface area contributed by atoms with E-state index >= 15 is 0 Å². The van der Waals surface area contributed by atoms with E-state index in [1.165, 1.54) is 0 Å². The zero-order chi connectivity index (χ0) is 14.8. The summed E-state index contributed by atoms with van der Waals surface area (Å²) in [5.41, 5.74) is 1.16. The third kappa shape index (κ3) is 4.32. The first kappa shape index (κ1) is 15.5. The van der Waals surface area contributed by atoms with Crippen LogP contribution in [0, 0.1) is 5.41 Å². The fraction of sp³-hybridized carbons (Fsp3) is 0.562. The first-order valence-corrected chi connectivity index (χ1v) is 7.79. The quantitative estimate of drug-likeness (QED) is 0.820. The number of carbonyl (C=O) groups excluding carboxylic acids is 1. The highest BCUT2D eigenvalue weighted by Crippen LogP contribution is 2.26. The minimum Gasteiger partial charge on any atom is -0.370 e. The van der Waals surface area contributed by atoms with E-state index in [1.807, 2.05) is 29.2 Å². The largest absolute Gasteiger partial charge is 0.370 e. The van der Waals surface area contributed by atoms with Gasteiger partial charge >= 0.3 is 0 Å². The average molecular weight is 340 g/mol. The van der Waals surface area contributed by atoms with Gasteiger partial charge in [0.1, 0.15) is 6.10 Å². The Morgan fingerprint density at radius 1 is 1.35 bits per heavy atom. The Morgan fingerprint density at radius 3 is 2.60 bits per heavy atom. The Labute approximate surface area is 129 Å². The maximum Gasteiger partial charge on any atom is 0.223 e. The molecule has 1 aromatic rings. The summed E-state index contributed by atoms with van der Waals surface area (Å²) < 4.78 is 6.86. The molecular weight excluding hydrogens is 318 g/mol. The molecule has 0 bridgehead atoms. The maximum atomic E-state index is 12.3. The Morgan fingerprint density at radius 2 is 2.00 bits per heavy atom. The van der Waals surface area contributed by atoms with E-state index in [-0.39, 0.29) is 17.4 Å². The summed E-state index contributed by atoms with van der Waals surface area (Å²) in [6, 6.07) is 8.11. The summed E-state index contributed by atoms with van der Waals surface area (Å²) in [5.74, 6) is 0.225. The van der Waals surface area contributed by atoms with Gasteiger partial charge in [-0.05, 0) is 23.1 Å². The third-order valence-corrected chi connectivity index (χ3v) is 3.87. The predicted molar refractivity (Wildman–Crippen MR) is 83.5 cm³/mol. The molecule has 1 aliphatic rings. The highest BCUT2D eigenvalue weighted by Gasteiger charge is 2.27. The minimum atomic E-state index is -0.0132. The summed E-state index contributed by atoms with van der Waals surface area (Å²) in [6.07, 6.45) is 0.570. The lowest BCUT2D eigenvalue weighted by Gasteiger charge is -2.34. The van der Waals surface area contributed by atoms with E-state index in [0.717, 1.165) is 10.0 Å². The van der Waals surface area contributed by atoms with Crippen molar-refractivity contribution in [1.82, 2.24) is 4.90 Å².